The maximum Gasteiger partial charge on any atom is 0.204 e. The Hall–Kier alpha value is -1.39. The van der Waals surface area contributed by atoms with E-state index in [1.165, 1.54) is 19.2 Å². The molecule has 0 N–H and O–H groups in total. The molecule has 0 bridgehead atoms. The van der Waals surface area contributed by atoms with Gasteiger partial charge < -0.3 is 9.47 Å². The molecular formula is C11H13F3O2. The van der Waals surface area contributed by atoms with Gasteiger partial charge in [0.15, 0.2) is 11.5 Å². The van der Waals surface area contributed by atoms with E-state index in [2.05, 4.69) is 4.74 Å². The highest BCUT2D eigenvalue weighted by atomic mass is 19.2. The van der Waals surface area contributed by atoms with Crippen LogP contribution in [0.25, 0.3) is 0 Å². The molecule has 0 amide bonds. The summed E-state index contributed by atoms with van der Waals surface area (Å²) in [5, 5.41) is 0. The molecule has 1 aromatic rings. The van der Waals surface area contributed by atoms with Crippen LogP contribution in [0, 0.1) is 11.6 Å². The first-order chi connectivity index (χ1) is 7.60. The van der Waals surface area contributed by atoms with Crippen LogP contribution in [0.5, 0.6) is 11.5 Å². The lowest BCUT2D eigenvalue weighted by atomic mass is 10.3. The molecular weight excluding hydrogens is 221 g/mol. The number of methoxy groups -OCH3 is 1. The number of hydrogen-bond donors (Lipinski definition) is 0. The van der Waals surface area contributed by atoms with Gasteiger partial charge in [-0.1, -0.05) is 6.92 Å². The van der Waals surface area contributed by atoms with Gasteiger partial charge in [0.2, 0.25) is 11.6 Å². The maximum atomic E-state index is 13.3. The monoisotopic (exact) mass is 234 g/mol. The molecule has 0 aliphatic rings. The molecule has 90 valence electrons. The molecule has 5 heteroatoms. The van der Waals surface area contributed by atoms with Gasteiger partial charge in [0.05, 0.1) is 7.11 Å². The Bertz CT molecular complexity index is 355. The van der Waals surface area contributed by atoms with E-state index < -0.39 is 17.8 Å². The lowest BCUT2D eigenvalue weighted by molar-refractivity contribution is 0.184. The fraction of sp³-hybridized carbons (Fsp3) is 0.455. The first kappa shape index (κ1) is 12.7. The van der Waals surface area contributed by atoms with Crippen molar-refractivity contribution in [2.45, 2.75) is 19.5 Å². The van der Waals surface area contributed by atoms with Crippen LogP contribution in [-0.4, -0.2) is 19.9 Å². The van der Waals surface area contributed by atoms with Gasteiger partial charge in [-0.05, 0) is 18.6 Å². The fourth-order valence-corrected chi connectivity index (χ4v) is 1.08. The van der Waals surface area contributed by atoms with Crippen molar-refractivity contribution in [2.24, 2.45) is 0 Å². The Morgan fingerprint density at radius 1 is 1.19 bits per heavy atom. The summed E-state index contributed by atoms with van der Waals surface area (Å²) in [5.74, 6) is -2.82. The van der Waals surface area contributed by atoms with Gasteiger partial charge in [0.25, 0.3) is 0 Å². The van der Waals surface area contributed by atoms with Crippen molar-refractivity contribution in [3.05, 3.63) is 23.8 Å². The molecule has 0 fully saturated rings. The van der Waals surface area contributed by atoms with Crippen LogP contribution in [0.3, 0.4) is 0 Å². The van der Waals surface area contributed by atoms with Crippen molar-refractivity contribution in [1.82, 2.24) is 0 Å². The number of rotatable bonds is 5. The smallest absolute Gasteiger partial charge is 0.204 e. The highest BCUT2D eigenvalue weighted by Gasteiger charge is 2.15. The first-order valence-corrected chi connectivity index (χ1v) is 4.89. The van der Waals surface area contributed by atoms with Crippen LogP contribution < -0.4 is 9.47 Å². The zero-order valence-corrected chi connectivity index (χ0v) is 9.10. The van der Waals surface area contributed by atoms with Crippen molar-refractivity contribution in [3.8, 4) is 11.5 Å². The summed E-state index contributed by atoms with van der Waals surface area (Å²) in [6.07, 6.45) is -0.926. The van der Waals surface area contributed by atoms with Gasteiger partial charge in [0, 0.05) is 0 Å². The third-order valence-corrected chi connectivity index (χ3v) is 2.09. The summed E-state index contributed by atoms with van der Waals surface area (Å²) in [4.78, 5) is 0. The molecule has 0 radical (unpaired) electrons. The summed E-state index contributed by atoms with van der Waals surface area (Å²) in [5.41, 5.74) is 0. The summed E-state index contributed by atoms with van der Waals surface area (Å²) in [6, 6.07) is 2.44. The van der Waals surface area contributed by atoms with Crippen LogP contribution in [0.15, 0.2) is 12.1 Å². The third kappa shape index (κ3) is 2.81. The second kappa shape index (κ2) is 5.63. The Morgan fingerprint density at radius 3 is 2.31 bits per heavy atom. The molecule has 16 heavy (non-hydrogen) atoms. The van der Waals surface area contributed by atoms with E-state index in [-0.39, 0.29) is 24.5 Å². The predicted molar refractivity (Wildman–Crippen MR) is 53.6 cm³/mol. The zero-order valence-electron chi connectivity index (χ0n) is 9.10. The minimum atomic E-state index is -1.19. The average Bonchev–Trinajstić information content (AvgIpc) is 2.30. The van der Waals surface area contributed by atoms with Crippen LogP contribution in [-0.2, 0) is 0 Å². The molecule has 0 aliphatic heterocycles. The van der Waals surface area contributed by atoms with E-state index in [1.54, 1.807) is 6.92 Å². The van der Waals surface area contributed by atoms with Crippen LogP contribution in [0.4, 0.5) is 13.2 Å². The summed E-state index contributed by atoms with van der Waals surface area (Å²) in [6.45, 7) is 1.35. The van der Waals surface area contributed by atoms with Gasteiger partial charge in [0.1, 0.15) is 12.8 Å². The average molecular weight is 234 g/mol. The Labute approximate surface area is 92.0 Å². The molecule has 0 aliphatic carbocycles. The van der Waals surface area contributed by atoms with Gasteiger partial charge in [-0.2, -0.15) is 8.78 Å². The van der Waals surface area contributed by atoms with Crippen molar-refractivity contribution < 1.29 is 22.6 Å². The summed E-state index contributed by atoms with van der Waals surface area (Å²) < 4.78 is 48.7. The minimum Gasteiger partial charge on any atom is -0.494 e. The summed E-state index contributed by atoms with van der Waals surface area (Å²) >= 11 is 0. The second-order valence-electron chi connectivity index (χ2n) is 3.21. The topological polar surface area (TPSA) is 18.5 Å². The van der Waals surface area contributed by atoms with Gasteiger partial charge in [-0.15, -0.1) is 0 Å². The first-order valence-electron chi connectivity index (χ1n) is 4.89. The molecule has 0 heterocycles. The molecule has 1 unspecified atom stereocenters. The minimum absolute atomic E-state index is 0.211. The van der Waals surface area contributed by atoms with Gasteiger partial charge in [-0.25, -0.2) is 4.39 Å². The molecule has 0 aromatic heterocycles. The Balaban J connectivity index is 2.78. The molecule has 0 saturated carbocycles. The number of alkyl halides is 1. The largest absolute Gasteiger partial charge is 0.494 e. The Morgan fingerprint density at radius 2 is 1.75 bits per heavy atom. The lowest BCUT2D eigenvalue weighted by Gasteiger charge is -2.11. The molecule has 2 nitrogen and oxygen atoms in total. The SMILES string of the molecule is CCC(F)COc1ccc(OC)c(F)c1F. The van der Waals surface area contributed by atoms with E-state index in [0.29, 0.717) is 0 Å². The standard InChI is InChI=1S/C11H13F3O2/c1-3-7(12)6-16-9-5-4-8(15-2)10(13)11(9)14/h4-5,7H,3,6H2,1-2H3. The maximum absolute atomic E-state index is 13.3. The highest BCUT2D eigenvalue weighted by molar-refractivity contribution is 5.34. The number of halogens is 3. The van der Waals surface area contributed by atoms with E-state index in [1.807, 2.05) is 0 Å². The third-order valence-electron chi connectivity index (χ3n) is 2.09. The van der Waals surface area contributed by atoms with Crippen LogP contribution in [0.2, 0.25) is 0 Å². The van der Waals surface area contributed by atoms with Crippen LogP contribution >= 0.6 is 0 Å². The molecule has 1 atom stereocenters. The Kier molecular flexibility index (Phi) is 4.46. The van der Waals surface area contributed by atoms with Crippen molar-refractivity contribution >= 4 is 0 Å². The van der Waals surface area contributed by atoms with E-state index in [0.717, 1.165) is 0 Å². The number of ether oxygens (including phenoxy) is 2. The molecule has 0 saturated heterocycles. The quantitative estimate of drug-likeness (QED) is 0.779. The van der Waals surface area contributed by atoms with Crippen molar-refractivity contribution in [1.29, 1.82) is 0 Å². The molecule has 1 rings (SSSR count). The van der Waals surface area contributed by atoms with Crippen molar-refractivity contribution in [2.75, 3.05) is 13.7 Å². The lowest BCUT2D eigenvalue weighted by Crippen LogP contribution is -2.12. The van der Waals surface area contributed by atoms with Crippen molar-refractivity contribution in [3.63, 3.8) is 0 Å². The molecule has 1 aromatic carbocycles. The fourth-order valence-electron chi connectivity index (χ4n) is 1.08. The summed E-state index contributed by atoms with van der Waals surface area (Å²) in [7, 11) is 1.23. The number of hydrogen-bond acceptors (Lipinski definition) is 2. The van der Waals surface area contributed by atoms with Gasteiger partial charge >= 0.3 is 0 Å². The zero-order chi connectivity index (χ0) is 12.1. The van der Waals surface area contributed by atoms with E-state index in [9.17, 15) is 13.2 Å². The number of benzene rings is 1. The predicted octanol–water partition coefficient (Wildman–Crippen LogP) is 3.10. The highest BCUT2D eigenvalue weighted by Crippen LogP contribution is 2.27. The van der Waals surface area contributed by atoms with Crippen LogP contribution in [0.1, 0.15) is 13.3 Å². The van der Waals surface area contributed by atoms with E-state index in [4.69, 9.17) is 4.74 Å². The normalized spacial score (nSPS) is 12.3. The van der Waals surface area contributed by atoms with E-state index >= 15 is 0 Å². The van der Waals surface area contributed by atoms with Gasteiger partial charge in [-0.3, -0.25) is 0 Å². The second-order valence-corrected chi connectivity index (χ2v) is 3.21. The molecule has 0 spiro atoms.